The Kier molecular flexibility index (Phi) is 9.53. The highest BCUT2D eigenvalue weighted by atomic mass is 16.7. The smallest absolute Gasteiger partial charge is 0.326 e. The number of carboxylic acid groups (broad SMARTS) is 1. The highest BCUT2D eigenvalue weighted by Crippen LogP contribution is 2.17. The van der Waals surface area contributed by atoms with Gasteiger partial charge in [-0.05, 0) is 0 Å². The lowest BCUT2D eigenvalue weighted by Gasteiger charge is -2.17. The van der Waals surface area contributed by atoms with Gasteiger partial charge in [0.1, 0.15) is 11.8 Å². The fourth-order valence-electron chi connectivity index (χ4n) is 1.61. The van der Waals surface area contributed by atoms with E-state index in [2.05, 4.69) is 14.8 Å². The third-order valence-corrected chi connectivity index (χ3v) is 3.31. The predicted molar refractivity (Wildman–Crippen MR) is 89.8 cm³/mol. The van der Waals surface area contributed by atoms with Gasteiger partial charge < -0.3 is 19.9 Å². The van der Waals surface area contributed by atoms with E-state index in [1.165, 1.54) is 0 Å². The second-order valence-corrected chi connectivity index (χ2v) is 7.09. The van der Waals surface area contributed by atoms with Crippen LogP contribution in [0.3, 0.4) is 0 Å². The fourth-order valence-corrected chi connectivity index (χ4v) is 1.61. The van der Waals surface area contributed by atoms with Crippen molar-refractivity contribution in [3.8, 4) is 0 Å². The molecule has 9 heteroatoms. The zero-order valence-electron chi connectivity index (χ0n) is 15.8. The SMILES string of the molecule is CC(C)C(=O)OCOC(=O)CC(NC(=O)CCC(=O)C(C)(C)C)C(=O)O. The molecule has 0 aromatic carbocycles. The molecular formula is C17H27NO8. The number of Topliss-reactive ketones (excluding diaryl/α,β-unsaturated/α-hetero) is 1. The average Bonchev–Trinajstić information content (AvgIpc) is 2.50. The number of carbonyl (C=O) groups is 5. The van der Waals surface area contributed by atoms with Gasteiger partial charge in [-0.1, -0.05) is 34.6 Å². The molecule has 0 aromatic rings. The molecule has 0 aliphatic heterocycles. The molecule has 2 N–H and O–H groups in total. The second kappa shape index (κ2) is 10.5. The standard InChI is InChI=1S/C17H27NO8/c1-10(2)16(24)26-9-25-14(21)8-11(15(22)23)18-13(20)7-6-12(19)17(3,4)5/h10-11H,6-9H2,1-5H3,(H,18,20)(H,22,23). The van der Waals surface area contributed by atoms with Crippen LogP contribution in [0.5, 0.6) is 0 Å². The molecule has 0 radical (unpaired) electrons. The molecule has 0 aliphatic rings. The van der Waals surface area contributed by atoms with Crippen LogP contribution in [0.1, 0.15) is 53.9 Å². The zero-order valence-corrected chi connectivity index (χ0v) is 15.8. The van der Waals surface area contributed by atoms with Gasteiger partial charge in [0.15, 0.2) is 0 Å². The van der Waals surface area contributed by atoms with E-state index < -0.39 is 54.4 Å². The monoisotopic (exact) mass is 373 g/mol. The lowest BCUT2D eigenvalue weighted by Crippen LogP contribution is -2.42. The van der Waals surface area contributed by atoms with Gasteiger partial charge in [0.05, 0.1) is 12.3 Å². The van der Waals surface area contributed by atoms with Crippen LogP contribution in [0.2, 0.25) is 0 Å². The van der Waals surface area contributed by atoms with Crippen LogP contribution in [-0.2, 0) is 33.4 Å². The summed E-state index contributed by atoms with van der Waals surface area (Å²) >= 11 is 0. The Hall–Kier alpha value is -2.45. The summed E-state index contributed by atoms with van der Waals surface area (Å²) in [5.74, 6) is -4.11. The van der Waals surface area contributed by atoms with E-state index in [9.17, 15) is 24.0 Å². The van der Waals surface area contributed by atoms with Crippen LogP contribution < -0.4 is 5.32 Å². The van der Waals surface area contributed by atoms with Crippen molar-refractivity contribution in [1.29, 1.82) is 0 Å². The van der Waals surface area contributed by atoms with Crippen molar-refractivity contribution in [2.24, 2.45) is 11.3 Å². The van der Waals surface area contributed by atoms with E-state index in [0.29, 0.717) is 0 Å². The van der Waals surface area contributed by atoms with Crippen LogP contribution in [0.4, 0.5) is 0 Å². The predicted octanol–water partition coefficient (Wildman–Crippen LogP) is 1.04. The number of rotatable bonds is 10. The van der Waals surface area contributed by atoms with Crippen LogP contribution >= 0.6 is 0 Å². The van der Waals surface area contributed by atoms with E-state index in [4.69, 9.17) is 5.11 Å². The third kappa shape index (κ3) is 9.75. The van der Waals surface area contributed by atoms with Crippen LogP contribution in [0.15, 0.2) is 0 Å². The lowest BCUT2D eigenvalue weighted by molar-refractivity contribution is -0.170. The van der Waals surface area contributed by atoms with Gasteiger partial charge in [0.25, 0.3) is 0 Å². The van der Waals surface area contributed by atoms with E-state index >= 15 is 0 Å². The first kappa shape index (κ1) is 23.5. The molecule has 0 saturated heterocycles. The van der Waals surface area contributed by atoms with Gasteiger partial charge in [0, 0.05) is 18.3 Å². The van der Waals surface area contributed by atoms with E-state index in [1.54, 1.807) is 34.6 Å². The van der Waals surface area contributed by atoms with Gasteiger partial charge in [-0.3, -0.25) is 19.2 Å². The van der Waals surface area contributed by atoms with Crippen molar-refractivity contribution in [3.63, 3.8) is 0 Å². The van der Waals surface area contributed by atoms with Crippen molar-refractivity contribution >= 4 is 29.6 Å². The number of ketones is 1. The number of ether oxygens (including phenoxy) is 2. The Bertz CT molecular complexity index is 547. The molecule has 0 heterocycles. The largest absolute Gasteiger partial charge is 0.480 e. The summed E-state index contributed by atoms with van der Waals surface area (Å²) < 4.78 is 9.26. The molecule has 148 valence electrons. The Balaban J connectivity index is 4.41. The molecule has 1 unspecified atom stereocenters. The Labute approximate surface area is 152 Å². The maximum atomic E-state index is 11.8. The maximum absolute atomic E-state index is 11.8. The van der Waals surface area contributed by atoms with Gasteiger partial charge in [-0.25, -0.2) is 4.79 Å². The molecule has 0 aromatic heterocycles. The highest BCUT2D eigenvalue weighted by molar-refractivity contribution is 5.90. The summed E-state index contributed by atoms with van der Waals surface area (Å²) in [4.78, 5) is 57.6. The van der Waals surface area contributed by atoms with Crippen molar-refractivity contribution < 1.29 is 38.6 Å². The number of amides is 1. The van der Waals surface area contributed by atoms with Crippen LogP contribution in [0.25, 0.3) is 0 Å². The number of carboxylic acids is 1. The minimum Gasteiger partial charge on any atom is -0.480 e. The summed E-state index contributed by atoms with van der Waals surface area (Å²) in [6.07, 6.45) is -0.842. The summed E-state index contributed by atoms with van der Waals surface area (Å²) in [6.45, 7) is 7.73. The normalized spacial score (nSPS) is 12.2. The van der Waals surface area contributed by atoms with Crippen molar-refractivity contribution in [1.82, 2.24) is 5.32 Å². The van der Waals surface area contributed by atoms with Gasteiger partial charge in [0.2, 0.25) is 12.7 Å². The molecule has 0 spiro atoms. The van der Waals surface area contributed by atoms with Crippen molar-refractivity contribution in [2.75, 3.05) is 6.79 Å². The maximum Gasteiger partial charge on any atom is 0.326 e. The highest BCUT2D eigenvalue weighted by Gasteiger charge is 2.26. The zero-order chi connectivity index (χ0) is 20.5. The minimum absolute atomic E-state index is 0.0305. The Morgan fingerprint density at radius 3 is 2.04 bits per heavy atom. The minimum atomic E-state index is -1.50. The molecular weight excluding hydrogens is 346 g/mol. The Morgan fingerprint density at radius 2 is 1.58 bits per heavy atom. The van der Waals surface area contributed by atoms with Crippen LogP contribution in [-0.4, -0.2) is 47.5 Å². The number of hydrogen-bond acceptors (Lipinski definition) is 7. The quantitative estimate of drug-likeness (QED) is 0.428. The molecule has 26 heavy (non-hydrogen) atoms. The third-order valence-electron chi connectivity index (χ3n) is 3.31. The van der Waals surface area contributed by atoms with E-state index in [-0.39, 0.29) is 18.6 Å². The van der Waals surface area contributed by atoms with E-state index in [0.717, 1.165) is 0 Å². The fraction of sp³-hybridized carbons (Fsp3) is 0.706. The van der Waals surface area contributed by atoms with E-state index in [1.807, 2.05) is 0 Å². The molecule has 9 nitrogen and oxygen atoms in total. The first-order valence-electron chi connectivity index (χ1n) is 8.22. The lowest BCUT2D eigenvalue weighted by atomic mass is 9.88. The Morgan fingerprint density at radius 1 is 1.00 bits per heavy atom. The van der Waals surface area contributed by atoms with Gasteiger partial charge in [-0.2, -0.15) is 0 Å². The number of carbonyl (C=O) groups excluding carboxylic acids is 4. The average molecular weight is 373 g/mol. The molecule has 1 atom stereocenters. The van der Waals surface area contributed by atoms with Crippen molar-refractivity contribution in [2.45, 2.75) is 59.9 Å². The number of nitrogens with one attached hydrogen (secondary N) is 1. The van der Waals surface area contributed by atoms with Gasteiger partial charge >= 0.3 is 17.9 Å². The van der Waals surface area contributed by atoms with Crippen LogP contribution in [0, 0.1) is 11.3 Å². The molecule has 1 amide bonds. The summed E-state index contributed by atoms with van der Waals surface area (Å²) in [5, 5.41) is 11.3. The first-order chi connectivity index (χ1) is 11.8. The summed E-state index contributed by atoms with van der Waals surface area (Å²) in [7, 11) is 0. The number of aliphatic carboxylic acids is 1. The molecule has 0 bridgehead atoms. The molecule has 0 aliphatic carbocycles. The van der Waals surface area contributed by atoms with Crippen molar-refractivity contribution in [3.05, 3.63) is 0 Å². The first-order valence-corrected chi connectivity index (χ1v) is 8.22. The molecule has 0 rings (SSSR count). The second-order valence-electron chi connectivity index (χ2n) is 7.09. The number of hydrogen-bond donors (Lipinski definition) is 2. The summed E-state index contributed by atoms with van der Waals surface area (Å²) in [5.41, 5.74) is -0.594. The molecule has 0 saturated carbocycles. The topological polar surface area (TPSA) is 136 Å². The number of esters is 2. The summed E-state index contributed by atoms with van der Waals surface area (Å²) in [6, 6.07) is -1.50. The van der Waals surface area contributed by atoms with Gasteiger partial charge in [-0.15, -0.1) is 0 Å². The molecule has 0 fully saturated rings.